The summed E-state index contributed by atoms with van der Waals surface area (Å²) in [6.45, 7) is 0.0730. The van der Waals surface area contributed by atoms with E-state index in [1.54, 1.807) is 42.9 Å². The molecule has 0 spiro atoms. The highest BCUT2D eigenvalue weighted by molar-refractivity contribution is 6.31. The maximum atomic E-state index is 12.3. The normalized spacial score (nSPS) is 13.7. The van der Waals surface area contributed by atoms with E-state index in [9.17, 15) is 4.79 Å². The lowest BCUT2D eigenvalue weighted by atomic mass is 10.2. The molecule has 0 bridgehead atoms. The molecule has 0 saturated carbocycles. The zero-order valence-corrected chi connectivity index (χ0v) is 15.8. The Labute approximate surface area is 165 Å². The van der Waals surface area contributed by atoms with Crippen molar-refractivity contribution in [3.05, 3.63) is 53.8 Å². The van der Waals surface area contributed by atoms with Gasteiger partial charge in [-0.2, -0.15) is 0 Å². The Morgan fingerprint density at radius 3 is 3.00 bits per heavy atom. The van der Waals surface area contributed by atoms with E-state index in [2.05, 4.69) is 15.3 Å². The number of halogens is 1. The van der Waals surface area contributed by atoms with Crippen molar-refractivity contribution in [3.63, 3.8) is 0 Å². The molecule has 2 N–H and O–H groups in total. The van der Waals surface area contributed by atoms with Gasteiger partial charge in [0, 0.05) is 30.1 Å². The first-order chi connectivity index (χ1) is 13.6. The van der Waals surface area contributed by atoms with Crippen molar-refractivity contribution < 1.29 is 14.7 Å². The Balaban J connectivity index is 1.94. The van der Waals surface area contributed by atoms with Crippen molar-refractivity contribution in [2.24, 2.45) is 0 Å². The van der Waals surface area contributed by atoms with Crippen molar-refractivity contribution in [2.75, 3.05) is 20.2 Å². The minimum Gasteiger partial charge on any atom is -0.395 e. The van der Waals surface area contributed by atoms with Crippen molar-refractivity contribution in [2.45, 2.75) is 6.42 Å². The monoisotopic (exact) mass is 399 g/mol. The minimum absolute atomic E-state index is 0.0481. The van der Waals surface area contributed by atoms with Crippen LogP contribution in [-0.4, -0.2) is 50.8 Å². The fraction of sp³-hybridized carbons (Fsp3) is 0.211. The van der Waals surface area contributed by atoms with Crippen LogP contribution in [0.25, 0.3) is 27.6 Å². The second-order valence-electron chi connectivity index (χ2n) is 6.28. The van der Waals surface area contributed by atoms with Crippen molar-refractivity contribution in [1.29, 1.82) is 0 Å². The number of imidazole rings is 1. The Hall–Kier alpha value is -3.10. The second kappa shape index (κ2) is 7.49. The van der Waals surface area contributed by atoms with Crippen molar-refractivity contribution in [1.82, 2.24) is 24.9 Å². The van der Waals surface area contributed by atoms with Crippen LogP contribution in [0.4, 0.5) is 0 Å². The number of hydrogen-bond donors (Lipinski definition) is 2. The number of hydroxylamine groups is 2. The lowest BCUT2D eigenvalue weighted by Crippen LogP contribution is -2.29. The summed E-state index contributed by atoms with van der Waals surface area (Å²) in [7, 11) is 1.77. The van der Waals surface area contributed by atoms with Gasteiger partial charge in [-0.25, -0.2) is 10.0 Å². The van der Waals surface area contributed by atoms with Gasteiger partial charge >= 0.3 is 0 Å². The van der Waals surface area contributed by atoms with Gasteiger partial charge in [0.25, 0.3) is 0 Å². The molecule has 1 amide bonds. The van der Waals surface area contributed by atoms with Gasteiger partial charge in [0.15, 0.2) is 0 Å². The maximum absolute atomic E-state index is 12.3. The van der Waals surface area contributed by atoms with E-state index in [0.717, 1.165) is 22.1 Å². The zero-order chi connectivity index (χ0) is 19.7. The zero-order valence-electron chi connectivity index (χ0n) is 15.1. The van der Waals surface area contributed by atoms with E-state index in [1.807, 2.05) is 16.7 Å². The molecular formula is C19H18ClN5O3. The number of allylic oxidation sites excluding steroid dienone is 2. The Kier molecular flexibility index (Phi) is 4.89. The summed E-state index contributed by atoms with van der Waals surface area (Å²) < 4.78 is 1.91. The van der Waals surface area contributed by atoms with Crippen molar-refractivity contribution >= 4 is 45.1 Å². The Bertz CT molecular complexity index is 1120. The smallest absolute Gasteiger partial charge is 0.227 e. The van der Waals surface area contributed by atoms with Crippen LogP contribution in [0, 0.1) is 0 Å². The molecule has 1 aromatic carbocycles. The van der Waals surface area contributed by atoms with Gasteiger partial charge in [0.1, 0.15) is 17.6 Å². The number of aromatic nitrogens is 3. The van der Waals surface area contributed by atoms with Crippen LogP contribution < -0.4 is 5.32 Å². The highest BCUT2D eigenvalue weighted by Gasteiger charge is 2.20. The topological polar surface area (TPSA) is 92.5 Å². The van der Waals surface area contributed by atoms with E-state index in [0.29, 0.717) is 16.4 Å². The number of hydrogen-bond acceptors (Lipinski definition) is 6. The van der Waals surface area contributed by atoms with Gasteiger partial charge in [-0.15, -0.1) is 0 Å². The van der Waals surface area contributed by atoms with Gasteiger partial charge in [0.2, 0.25) is 5.91 Å². The number of pyridine rings is 1. The molecule has 3 aromatic rings. The van der Waals surface area contributed by atoms with E-state index in [-0.39, 0.29) is 25.5 Å². The summed E-state index contributed by atoms with van der Waals surface area (Å²) in [4.78, 5) is 26.7. The number of benzene rings is 1. The van der Waals surface area contributed by atoms with Crippen LogP contribution in [0.1, 0.15) is 5.82 Å². The largest absolute Gasteiger partial charge is 0.395 e. The molecule has 3 heterocycles. The lowest BCUT2D eigenvalue weighted by molar-refractivity contribution is -0.120. The number of amides is 1. The summed E-state index contributed by atoms with van der Waals surface area (Å²) in [6, 6.07) is 5.48. The Morgan fingerprint density at radius 2 is 2.21 bits per heavy atom. The summed E-state index contributed by atoms with van der Waals surface area (Å²) in [5, 5.41) is 14.6. The third-order valence-corrected chi connectivity index (χ3v) is 4.54. The van der Waals surface area contributed by atoms with Crippen LogP contribution in [0.3, 0.4) is 0 Å². The van der Waals surface area contributed by atoms with Gasteiger partial charge in [-0.05, 0) is 18.2 Å². The van der Waals surface area contributed by atoms with E-state index in [1.165, 1.54) is 0 Å². The third kappa shape index (κ3) is 3.39. The average Bonchev–Trinajstić information content (AvgIpc) is 3.04. The number of nitrogens with zero attached hydrogens (tertiary/aromatic N) is 4. The second-order valence-corrected chi connectivity index (χ2v) is 6.71. The number of aliphatic hydroxyl groups excluding tert-OH is 1. The van der Waals surface area contributed by atoms with Gasteiger partial charge in [0.05, 0.1) is 42.2 Å². The number of carbonyl (C=O) groups is 1. The molecule has 0 atom stereocenters. The molecule has 144 valence electrons. The first-order valence-corrected chi connectivity index (χ1v) is 9.06. The van der Waals surface area contributed by atoms with Gasteiger partial charge < -0.3 is 15.3 Å². The molecule has 9 heteroatoms. The summed E-state index contributed by atoms with van der Waals surface area (Å²) >= 11 is 6.23. The first kappa shape index (κ1) is 18.3. The summed E-state index contributed by atoms with van der Waals surface area (Å²) in [5.41, 5.74) is 3.03. The predicted molar refractivity (Wildman–Crippen MR) is 106 cm³/mol. The maximum Gasteiger partial charge on any atom is 0.227 e. The van der Waals surface area contributed by atoms with E-state index >= 15 is 0 Å². The molecule has 0 saturated heterocycles. The number of rotatable bonds is 5. The number of carbonyl (C=O) groups excluding carboxylic acids is 1. The van der Waals surface area contributed by atoms with Crippen LogP contribution in [0.15, 0.2) is 42.9 Å². The van der Waals surface area contributed by atoms with Crippen LogP contribution in [-0.2, 0) is 16.1 Å². The van der Waals surface area contributed by atoms with Gasteiger partial charge in [-0.3, -0.25) is 14.3 Å². The molecule has 1 aliphatic rings. The minimum atomic E-state index is -0.231. The molecule has 0 fully saturated rings. The van der Waals surface area contributed by atoms with Crippen LogP contribution >= 0.6 is 11.6 Å². The summed E-state index contributed by atoms with van der Waals surface area (Å²) in [6.07, 6.45) is 6.89. The predicted octanol–water partition coefficient (Wildman–Crippen LogP) is 2.08. The molecule has 4 rings (SSSR count). The standard InChI is InChI=1S/C19H18ClN5O3/c1-24-11-13(4-7-28-24)25-17(9-18(27)21-5-6-26)23-16-10-22-15-3-2-12(20)8-14(15)19(16)25/h2-4,7-8,10-11,26H,5-6,9H2,1H3,(H,21,27). The average molecular weight is 400 g/mol. The number of nitrogens with one attached hydrogen (secondary N) is 1. The highest BCUT2D eigenvalue weighted by Crippen LogP contribution is 2.30. The van der Waals surface area contributed by atoms with Gasteiger partial charge in [-0.1, -0.05) is 11.6 Å². The van der Waals surface area contributed by atoms with Crippen molar-refractivity contribution in [3.8, 4) is 0 Å². The molecule has 28 heavy (non-hydrogen) atoms. The van der Waals surface area contributed by atoms with Crippen LogP contribution in [0.2, 0.25) is 5.02 Å². The molecule has 0 unspecified atom stereocenters. The lowest BCUT2D eigenvalue weighted by Gasteiger charge is -2.20. The molecule has 2 aromatic heterocycles. The first-order valence-electron chi connectivity index (χ1n) is 8.68. The fourth-order valence-electron chi connectivity index (χ4n) is 3.16. The van der Waals surface area contributed by atoms with E-state index < -0.39 is 0 Å². The number of aliphatic hydroxyl groups is 1. The quantitative estimate of drug-likeness (QED) is 0.682. The molecule has 1 aliphatic heterocycles. The number of fused-ring (bicyclic) bond motifs is 3. The fourth-order valence-corrected chi connectivity index (χ4v) is 3.33. The Morgan fingerprint density at radius 1 is 1.36 bits per heavy atom. The van der Waals surface area contributed by atoms with E-state index in [4.69, 9.17) is 21.5 Å². The summed E-state index contributed by atoms with van der Waals surface area (Å²) in [5.74, 6) is 0.316. The SMILES string of the molecule is CN1C=C(n2c(CC(=O)NCCO)nc3cnc4ccc(Cl)cc4c32)C=CO1. The van der Waals surface area contributed by atoms with Crippen LogP contribution in [0.5, 0.6) is 0 Å². The molecule has 0 radical (unpaired) electrons. The third-order valence-electron chi connectivity index (χ3n) is 4.30. The highest BCUT2D eigenvalue weighted by atomic mass is 35.5. The molecular weight excluding hydrogens is 382 g/mol. The molecule has 0 aliphatic carbocycles. The molecule has 8 nitrogen and oxygen atoms in total.